The molecule has 0 saturated carbocycles. The fraction of sp³-hybridized carbons (Fsp3) is 0.538. The summed E-state index contributed by atoms with van der Waals surface area (Å²) in [5.74, 6) is 0.187. The summed E-state index contributed by atoms with van der Waals surface area (Å²) in [7, 11) is 5.08. The van der Waals surface area contributed by atoms with Gasteiger partial charge in [0.15, 0.2) is 5.75 Å². The zero-order chi connectivity index (χ0) is 15.3. The van der Waals surface area contributed by atoms with Gasteiger partial charge in [-0.25, -0.2) is 0 Å². The van der Waals surface area contributed by atoms with E-state index in [9.17, 15) is 15.2 Å². The van der Waals surface area contributed by atoms with Gasteiger partial charge < -0.3 is 20.1 Å². The van der Waals surface area contributed by atoms with Gasteiger partial charge in [0, 0.05) is 13.1 Å². The molecule has 1 unspecified atom stereocenters. The van der Waals surface area contributed by atoms with Gasteiger partial charge in [0.2, 0.25) is 0 Å². The number of rotatable bonds is 7. The maximum Gasteiger partial charge on any atom is 0.333 e. The van der Waals surface area contributed by atoms with Crippen molar-refractivity contribution >= 4 is 11.4 Å². The predicted octanol–water partition coefficient (Wildman–Crippen LogP) is 1.33. The van der Waals surface area contributed by atoms with Crippen molar-refractivity contribution < 1.29 is 14.8 Å². The Morgan fingerprint density at radius 3 is 2.65 bits per heavy atom. The fourth-order valence-corrected chi connectivity index (χ4v) is 2.04. The fourth-order valence-electron chi connectivity index (χ4n) is 2.04. The van der Waals surface area contributed by atoms with E-state index in [-0.39, 0.29) is 18.0 Å². The molecule has 0 amide bonds. The van der Waals surface area contributed by atoms with Gasteiger partial charge in [-0.2, -0.15) is 0 Å². The molecular weight excluding hydrogens is 262 g/mol. The van der Waals surface area contributed by atoms with E-state index in [0.717, 1.165) is 0 Å². The Labute approximate surface area is 118 Å². The van der Waals surface area contributed by atoms with Gasteiger partial charge in [-0.05, 0) is 33.2 Å². The van der Waals surface area contributed by atoms with E-state index < -0.39 is 10.5 Å². The molecule has 112 valence electrons. The molecule has 0 aliphatic heterocycles. The van der Waals surface area contributed by atoms with Crippen LogP contribution in [0, 0.1) is 10.1 Å². The van der Waals surface area contributed by atoms with Crippen LogP contribution in [0.5, 0.6) is 5.75 Å². The summed E-state index contributed by atoms with van der Waals surface area (Å²) < 4.78 is 4.99. The lowest BCUT2D eigenvalue weighted by Gasteiger charge is -2.27. The van der Waals surface area contributed by atoms with Crippen molar-refractivity contribution in [3.8, 4) is 5.75 Å². The minimum absolute atomic E-state index is 0.129. The Hall–Kier alpha value is -1.86. The monoisotopic (exact) mass is 283 g/mol. The largest absolute Gasteiger partial charge is 0.490 e. The Balaban J connectivity index is 2.90. The average Bonchev–Trinajstić information content (AvgIpc) is 2.34. The van der Waals surface area contributed by atoms with Crippen molar-refractivity contribution in [3.05, 3.63) is 28.3 Å². The van der Waals surface area contributed by atoms with Gasteiger partial charge in [-0.1, -0.05) is 6.07 Å². The second-order valence-electron chi connectivity index (χ2n) is 5.20. The number of aliphatic hydroxyl groups is 1. The quantitative estimate of drug-likeness (QED) is 0.580. The van der Waals surface area contributed by atoms with Crippen LogP contribution in [-0.4, -0.2) is 54.8 Å². The van der Waals surface area contributed by atoms with Gasteiger partial charge in [-0.15, -0.1) is 0 Å². The molecule has 0 fully saturated rings. The lowest BCUT2D eigenvalue weighted by molar-refractivity contribution is -0.384. The Bertz CT molecular complexity index is 475. The van der Waals surface area contributed by atoms with Gasteiger partial charge in [0.25, 0.3) is 0 Å². The van der Waals surface area contributed by atoms with Crippen LogP contribution in [0.1, 0.15) is 6.92 Å². The average molecular weight is 283 g/mol. The first-order chi connectivity index (χ1) is 9.26. The molecule has 20 heavy (non-hydrogen) atoms. The van der Waals surface area contributed by atoms with Gasteiger partial charge in [-0.3, -0.25) is 10.1 Å². The highest BCUT2D eigenvalue weighted by atomic mass is 16.6. The summed E-state index contributed by atoms with van der Waals surface area (Å²) in [5.41, 5.74) is -0.801. The van der Waals surface area contributed by atoms with Crippen LogP contribution in [0.3, 0.4) is 0 Å². The SMILES string of the molecule is COc1cccc(NCC(C)(O)CN(C)C)c1[N+](=O)[O-]. The summed E-state index contributed by atoms with van der Waals surface area (Å²) in [6.07, 6.45) is 0. The van der Waals surface area contributed by atoms with E-state index in [1.807, 2.05) is 19.0 Å². The first-order valence-corrected chi connectivity index (χ1v) is 6.19. The van der Waals surface area contributed by atoms with Crippen LogP contribution in [0.25, 0.3) is 0 Å². The number of hydrogen-bond donors (Lipinski definition) is 2. The number of nitro benzene ring substituents is 1. The highest BCUT2D eigenvalue weighted by Crippen LogP contribution is 2.34. The van der Waals surface area contributed by atoms with E-state index in [1.165, 1.54) is 13.2 Å². The third-order valence-corrected chi connectivity index (χ3v) is 2.72. The summed E-state index contributed by atoms with van der Waals surface area (Å²) in [6.45, 7) is 2.31. The number of nitrogens with one attached hydrogen (secondary N) is 1. The lowest BCUT2D eigenvalue weighted by Crippen LogP contribution is -2.43. The molecule has 0 bridgehead atoms. The van der Waals surface area contributed by atoms with Crippen molar-refractivity contribution in [2.75, 3.05) is 39.6 Å². The number of benzene rings is 1. The number of para-hydroxylation sites is 1. The van der Waals surface area contributed by atoms with Crippen LogP contribution in [-0.2, 0) is 0 Å². The standard InChI is InChI=1S/C13H21N3O4/c1-13(17,9-15(2)3)8-14-10-6-5-7-11(20-4)12(10)16(18)19/h5-7,14,17H,8-9H2,1-4H3. The van der Waals surface area contributed by atoms with Crippen LogP contribution >= 0.6 is 0 Å². The van der Waals surface area contributed by atoms with E-state index in [2.05, 4.69) is 5.32 Å². The molecule has 0 radical (unpaired) electrons. The van der Waals surface area contributed by atoms with Crippen LogP contribution in [0.2, 0.25) is 0 Å². The highest BCUT2D eigenvalue weighted by Gasteiger charge is 2.25. The molecular formula is C13H21N3O4. The van der Waals surface area contributed by atoms with Gasteiger partial charge in [0.05, 0.1) is 17.6 Å². The van der Waals surface area contributed by atoms with Crippen molar-refractivity contribution in [1.29, 1.82) is 0 Å². The zero-order valence-electron chi connectivity index (χ0n) is 12.2. The maximum absolute atomic E-state index is 11.1. The number of nitro groups is 1. The van der Waals surface area contributed by atoms with Gasteiger partial charge >= 0.3 is 5.69 Å². The normalized spacial score (nSPS) is 13.9. The maximum atomic E-state index is 11.1. The number of nitrogens with zero attached hydrogens (tertiary/aromatic N) is 2. The third kappa shape index (κ3) is 4.36. The second kappa shape index (κ2) is 6.53. The van der Waals surface area contributed by atoms with E-state index in [0.29, 0.717) is 12.2 Å². The summed E-state index contributed by atoms with van der Waals surface area (Å²) in [5, 5.41) is 24.2. The molecule has 1 aromatic carbocycles. The predicted molar refractivity (Wildman–Crippen MR) is 77.3 cm³/mol. The molecule has 2 N–H and O–H groups in total. The Morgan fingerprint density at radius 1 is 1.50 bits per heavy atom. The number of likely N-dealkylation sites (N-methyl/N-ethyl adjacent to an activating group) is 1. The van der Waals surface area contributed by atoms with Crippen LogP contribution in [0.4, 0.5) is 11.4 Å². The first kappa shape index (κ1) is 16.2. The molecule has 0 aliphatic carbocycles. The molecule has 7 heteroatoms. The Morgan fingerprint density at radius 2 is 2.15 bits per heavy atom. The highest BCUT2D eigenvalue weighted by molar-refractivity contribution is 5.68. The third-order valence-electron chi connectivity index (χ3n) is 2.72. The number of ether oxygens (including phenoxy) is 1. The summed E-state index contributed by atoms with van der Waals surface area (Å²) in [4.78, 5) is 12.5. The minimum atomic E-state index is -1.000. The number of anilines is 1. The van der Waals surface area contributed by atoms with Crippen molar-refractivity contribution in [3.63, 3.8) is 0 Å². The molecule has 0 spiro atoms. The number of methoxy groups -OCH3 is 1. The van der Waals surface area contributed by atoms with Crippen molar-refractivity contribution in [2.45, 2.75) is 12.5 Å². The second-order valence-corrected chi connectivity index (χ2v) is 5.20. The molecule has 0 aromatic heterocycles. The topological polar surface area (TPSA) is 87.9 Å². The van der Waals surface area contributed by atoms with Crippen molar-refractivity contribution in [1.82, 2.24) is 4.90 Å². The molecule has 1 rings (SSSR count). The van der Waals surface area contributed by atoms with Crippen LogP contribution in [0.15, 0.2) is 18.2 Å². The molecule has 0 heterocycles. The lowest BCUT2D eigenvalue weighted by atomic mass is 10.1. The van der Waals surface area contributed by atoms with E-state index in [1.54, 1.807) is 19.1 Å². The van der Waals surface area contributed by atoms with Crippen molar-refractivity contribution in [2.24, 2.45) is 0 Å². The first-order valence-electron chi connectivity index (χ1n) is 6.19. The van der Waals surface area contributed by atoms with E-state index >= 15 is 0 Å². The Kier molecular flexibility index (Phi) is 5.29. The molecule has 1 aromatic rings. The summed E-state index contributed by atoms with van der Waals surface area (Å²) in [6, 6.07) is 4.78. The smallest absolute Gasteiger partial charge is 0.333 e. The zero-order valence-corrected chi connectivity index (χ0v) is 12.2. The molecule has 7 nitrogen and oxygen atoms in total. The summed E-state index contributed by atoms with van der Waals surface area (Å²) >= 11 is 0. The molecule has 1 atom stereocenters. The molecule has 0 saturated heterocycles. The van der Waals surface area contributed by atoms with Crippen LogP contribution < -0.4 is 10.1 Å². The molecule has 0 aliphatic rings. The van der Waals surface area contributed by atoms with Gasteiger partial charge in [0.1, 0.15) is 5.69 Å². The van der Waals surface area contributed by atoms with E-state index in [4.69, 9.17) is 4.74 Å². The number of hydrogen-bond acceptors (Lipinski definition) is 6. The minimum Gasteiger partial charge on any atom is -0.490 e.